The Morgan fingerprint density at radius 2 is 1.92 bits per heavy atom. The fourth-order valence-electron chi connectivity index (χ4n) is 2.66. The van der Waals surface area contributed by atoms with Gasteiger partial charge in [0.05, 0.1) is 10.9 Å². The molecule has 2 rings (SSSR count). The first kappa shape index (κ1) is 20.6. The third-order valence-electron chi connectivity index (χ3n) is 4.02. The Hall–Kier alpha value is -1.73. The van der Waals surface area contributed by atoms with Gasteiger partial charge in [-0.1, -0.05) is 30.9 Å². The molecule has 26 heavy (non-hydrogen) atoms. The molecule has 1 aliphatic rings. The molecule has 1 unspecified atom stereocenters. The smallest absolute Gasteiger partial charge is 0.303 e. The van der Waals surface area contributed by atoms with Crippen molar-refractivity contribution in [3.05, 3.63) is 23.2 Å². The van der Waals surface area contributed by atoms with Gasteiger partial charge in [0.25, 0.3) is 0 Å². The zero-order chi connectivity index (χ0) is 18.9. The van der Waals surface area contributed by atoms with E-state index >= 15 is 0 Å². The van der Waals surface area contributed by atoms with E-state index in [1.165, 1.54) is 11.8 Å². The van der Waals surface area contributed by atoms with E-state index in [1.54, 1.807) is 12.1 Å². The SMILES string of the molecule is O=C(O)CCCCCCCNC(=O)CC1Sc2ccc(Cl)cc2NC1=O. The van der Waals surface area contributed by atoms with Gasteiger partial charge in [-0.15, -0.1) is 11.8 Å². The quantitative estimate of drug-likeness (QED) is 0.522. The number of benzene rings is 1. The summed E-state index contributed by atoms with van der Waals surface area (Å²) in [5.74, 6) is -1.08. The van der Waals surface area contributed by atoms with Gasteiger partial charge in [0.2, 0.25) is 11.8 Å². The molecule has 1 heterocycles. The van der Waals surface area contributed by atoms with Crippen LogP contribution in [-0.4, -0.2) is 34.7 Å². The zero-order valence-electron chi connectivity index (χ0n) is 14.4. The van der Waals surface area contributed by atoms with Crippen molar-refractivity contribution in [1.82, 2.24) is 5.32 Å². The van der Waals surface area contributed by atoms with Crippen molar-refractivity contribution >= 4 is 46.8 Å². The summed E-state index contributed by atoms with van der Waals surface area (Å²) in [6, 6.07) is 5.31. The first-order valence-electron chi connectivity index (χ1n) is 8.71. The number of fused-ring (bicyclic) bond motifs is 1. The molecule has 1 aromatic rings. The number of carbonyl (C=O) groups excluding carboxylic acids is 2. The number of hydrogen-bond donors (Lipinski definition) is 3. The monoisotopic (exact) mass is 398 g/mol. The lowest BCUT2D eigenvalue weighted by Crippen LogP contribution is -2.35. The number of anilines is 1. The number of carboxylic acid groups (broad SMARTS) is 1. The normalized spacial score (nSPS) is 15.9. The van der Waals surface area contributed by atoms with Crippen molar-refractivity contribution in [1.29, 1.82) is 0 Å². The summed E-state index contributed by atoms with van der Waals surface area (Å²) in [6.45, 7) is 0.572. The van der Waals surface area contributed by atoms with Crippen molar-refractivity contribution in [2.75, 3.05) is 11.9 Å². The number of unbranched alkanes of at least 4 members (excludes halogenated alkanes) is 4. The predicted molar refractivity (Wildman–Crippen MR) is 103 cm³/mol. The summed E-state index contributed by atoms with van der Waals surface area (Å²) in [6.07, 6.45) is 4.70. The average molecular weight is 399 g/mol. The fourth-order valence-corrected chi connectivity index (χ4v) is 3.92. The Balaban J connectivity index is 1.63. The third-order valence-corrected chi connectivity index (χ3v) is 5.53. The average Bonchev–Trinajstić information content (AvgIpc) is 2.58. The van der Waals surface area contributed by atoms with Gasteiger partial charge in [-0.3, -0.25) is 14.4 Å². The molecule has 1 atom stereocenters. The molecule has 1 aromatic carbocycles. The fraction of sp³-hybridized carbons (Fsp3) is 0.500. The van der Waals surface area contributed by atoms with Gasteiger partial charge in [-0.25, -0.2) is 0 Å². The van der Waals surface area contributed by atoms with E-state index in [-0.39, 0.29) is 24.7 Å². The second-order valence-corrected chi connectivity index (χ2v) is 7.88. The maximum absolute atomic E-state index is 12.1. The first-order valence-corrected chi connectivity index (χ1v) is 9.97. The van der Waals surface area contributed by atoms with Crippen LogP contribution in [-0.2, 0) is 14.4 Å². The van der Waals surface area contributed by atoms with Gasteiger partial charge < -0.3 is 15.7 Å². The second kappa shape index (κ2) is 10.4. The van der Waals surface area contributed by atoms with Crippen LogP contribution in [0.25, 0.3) is 0 Å². The molecular weight excluding hydrogens is 376 g/mol. The third kappa shape index (κ3) is 6.88. The Kier molecular flexibility index (Phi) is 8.25. The molecule has 0 aromatic heterocycles. The number of nitrogens with one attached hydrogen (secondary N) is 2. The van der Waals surface area contributed by atoms with Crippen LogP contribution in [0.1, 0.15) is 44.9 Å². The molecule has 0 saturated heterocycles. The van der Waals surface area contributed by atoms with Gasteiger partial charge in [0, 0.05) is 29.3 Å². The van der Waals surface area contributed by atoms with Crippen molar-refractivity contribution < 1.29 is 19.5 Å². The Morgan fingerprint density at radius 3 is 2.69 bits per heavy atom. The van der Waals surface area contributed by atoms with Crippen LogP contribution in [0.15, 0.2) is 23.1 Å². The van der Waals surface area contributed by atoms with Crippen molar-refractivity contribution in [2.24, 2.45) is 0 Å². The van der Waals surface area contributed by atoms with Gasteiger partial charge in [-0.05, 0) is 31.0 Å². The minimum Gasteiger partial charge on any atom is -0.481 e. The number of aliphatic carboxylic acids is 1. The molecule has 6 nitrogen and oxygen atoms in total. The molecule has 1 aliphatic heterocycles. The lowest BCUT2D eigenvalue weighted by molar-refractivity contribution is -0.137. The summed E-state index contributed by atoms with van der Waals surface area (Å²) in [5.41, 5.74) is 0.687. The Labute approximate surface area is 162 Å². The number of hydrogen-bond acceptors (Lipinski definition) is 4. The van der Waals surface area contributed by atoms with Gasteiger partial charge in [0.1, 0.15) is 0 Å². The number of carbonyl (C=O) groups is 3. The van der Waals surface area contributed by atoms with Gasteiger partial charge >= 0.3 is 5.97 Å². The van der Waals surface area contributed by atoms with Crippen molar-refractivity contribution in [2.45, 2.75) is 55.1 Å². The highest BCUT2D eigenvalue weighted by Crippen LogP contribution is 2.38. The van der Waals surface area contributed by atoms with E-state index in [2.05, 4.69) is 10.6 Å². The van der Waals surface area contributed by atoms with E-state index in [0.717, 1.165) is 30.6 Å². The van der Waals surface area contributed by atoms with Crippen molar-refractivity contribution in [3.8, 4) is 0 Å². The molecule has 0 fully saturated rings. The van der Waals surface area contributed by atoms with Crippen LogP contribution in [0.4, 0.5) is 5.69 Å². The van der Waals surface area contributed by atoms with E-state index in [1.807, 2.05) is 6.07 Å². The van der Waals surface area contributed by atoms with Crippen LogP contribution in [0, 0.1) is 0 Å². The summed E-state index contributed by atoms with van der Waals surface area (Å²) >= 11 is 7.30. The highest BCUT2D eigenvalue weighted by atomic mass is 35.5. The lowest BCUT2D eigenvalue weighted by Gasteiger charge is -2.23. The van der Waals surface area contributed by atoms with Gasteiger partial charge in [0.15, 0.2) is 0 Å². The van der Waals surface area contributed by atoms with Crippen molar-refractivity contribution in [3.63, 3.8) is 0 Å². The predicted octanol–water partition coefficient (Wildman–Crippen LogP) is 3.68. The molecule has 0 bridgehead atoms. The highest BCUT2D eigenvalue weighted by Gasteiger charge is 2.28. The maximum atomic E-state index is 12.1. The number of rotatable bonds is 10. The summed E-state index contributed by atoms with van der Waals surface area (Å²) in [7, 11) is 0. The maximum Gasteiger partial charge on any atom is 0.303 e. The highest BCUT2D eigenvalue weighted by molar-refractivity contribution is 8.01. The minimum atomic E-state index is -0.757. The summed E-state index contributed by atoms with van der Waals surface area (Å²) < 4.78 is 0. The summed E-state index contributed by atoms with van der Waals surface area (Å²) in [4.78, 5) is 35.5. The van der Waals surface area contributed by atoms with E-state index in [9.17, 15) is 14.4 Å². The number of halogens is 1. The standard InChI is InChI=1S/C18H23ClN2O4S/c19-12-7-8-14-13(10-12)21-18(25)15(26-14)11-16(22)20-9-5-3-1-2-4-6-17(23)24/h7-8,10,15H,1-6,9,11H2,(H,20,22)(H,21,25)(H,23,24). The van der Waals surface area contributed by atoms with E-state index < -0.39 is 11.2 Å². The minimum absolute atomic E-state index is 0.136. The Morgan fingerprint density at radius 1 is 1.19 bits per heavy atom. The number of carboxylic acids is 1. The molecule has 2 amide bonds. The van der Waals surface area contributed by atoms with E-state index in [0.29, 0.717) is 23.7 Å². The topological polar surface area (TPSA) is 95.5 Å². The molecule has 8 heteroatoms. The lowest BCUT2D eigenvalue weighted by atomic mass is 10.1. The zero-order valence-corrected chi connectivity index (χ0v) is 16.0. The van der Waals surface area contributed by atoms with Gasteiger partial charge in [-0.2, -0.15) is 0 Å². The molecule has 0 saturated carbocycles. The van der Waals surface area contributed by atoms with Crippen LogP contribution >= 0.6 is 23.4 Å². The van der Waals surface area contributed by atoms with Crippen LogP contribution in [0.2, 0.25) is 5.02 Å². The van der Waals surface area contributed by atoms with Crippen LogP contribution in [0.5, 0.6) is 0 Å². The molecular formula is C18H23ClN2O4S. The summed E-state index contributed by atoms with van der Waals surface area (Å²) in [5, 5.41) is 14.3. The van der Waals surface area contributed by atoms with Crippen LogP contribution in [0.3, 0.4) is 0 Å². The van der Waals surface area contributed by atoms with E-state index in [4.69, 9.17) is 16.7 Å². The number of thioether (sulfide) groups is 1. The molecule has 0 radical (unpaired) electrons. The molecule has 3 N–H and O–H groups in total. The molecule has 0 spiro atoms. The molecule has 0 aliphatic carbocycles. The second-order valence-electron chi connectivity index (χ2n) is 6.20. The molecule has 142 valence electrons. The number of amides is 2. The largest absolute Gasteiger partial charge is 0.481 e. The first-order chi connectivity index (χ1) is 12.5. The van der Waals surface area contributed by atoms with Crippen LogP contribution < -0.4 is 10.6 Å². The Bertz CT molecular complexity index is 669.